The zero-order valence-electron chi connectivity index (χ0n) is 7.62. The summed E-state index contributed by atoms with van der Waals surface area (Å²) in [7, 11) is 0. The molecule has 1 rings (SSSR count). The van der Waals surface area contributed by atoms with Crippen LogP contribution in [0.3, 0.4) is 0 Å². The fourth-order valence-electron chi connectivity index (χ4n) is 1.54. The van der Waals surface area contributed by atoms with E-state index in [1.165, 1.54) is 6.42 Å². The highest BCUT2D eigenvalue weighted by atomic mass is 16.5. The lowest BCUT2D eigenvalue weighted by Gasteiger charge is -2.21. The van der Waals surface area contributed by atoms with Crippen LogP contribution < -0.4 is 5.32 Å². The molecule has 0 atom stereocenters. The van der Waals surface area contributed by atoms with Gasteiger partial charge in [-0.25, -0.2) is 0 Å². The van der Waals surface area contributed by atoms with Crippen LogP contribution >= 0.6 is 0 Å². The van der Waals surface area contributed by atoms with Gasteiger partial charge in [0.15, 0.2) is 0 Å². The third-order valence-corrected chi connectivity index (χ3v) is 2.18. The minimum Gasteiger partial charge on any atom is -0.461 e. The molecule has 4 heteroatoms. The summed E-state index contributed by atoms with van der Waals surface area (Å²) in [4.78, 5) is 20.9. The number of hydrogen-bond acceptors (Lipinski definition) is 3. The highest BCUT2D eigenvalue weighted by Gasteiger charge is 2.16. The first-order chi connectivity index (χ1) is 6.33. The van der Waals surface area contributed by atoms with Crippen molar-refractivity contribution in [2.45, 2.75) is 38.2 Å². The fourth-order valence-corrected chi connectivity index (χ4v) is 1.54. The van der Waals surface area contributed by atoms with E-state index in [-0.39, 0.29) is 18.6 Å². The molecule has 0 bridgehead atoms. The van der Waals surface area contributed by atoms with E-state index in [4.69, 9.17) is 4.74 Å². The van der Waals surface area contributed by atoms with Crippen molar-refractivity contribution in [3.05, 3.63) is 0 Å². The lowest BCUT2D eigenvalue weighted by molar-refractivity contribution is -0.149. The lowest BCUT2D eigenvalue weighted by Crippen LogP contribution is -2.28. The van der Waals surface area contributed by atoms with Crippen LogP contribution in [0.1, 0.15) is 32.1 Å². The second kappa shape index (κ2) is 5.56. The summed E-state index contributed by atoms with van der Waals surface area (Å²) >= 11 is 0. The van der Waals surface area contributed by atoms with Gasteiger partial charge in [-0.3, -0.25) is 9.59 Å². The second-order valence-electron chi connectivity index (χ2n) is 3.25. The van der Waals surface area contributed by atoms with Gasteiger partial charge in [0.25, 0.3) is 0 Å². The predicted molar refractivity (Wildman–Crippen MR) is 47.0 cm³/mol. The van der Waals surface area contributed by atoms with E-state index in [0.29, 0.717) is 6.41 Å². The van der Waals surface area contributed by atoms with Crippen LogP contribution in [0.25, 0.3) is 0 Å². The first kappa shape index (κ1) is 10.0. The predicted octanol–water partition coefficient (Wildman–Crippen LogP) is 0.608. The monoisotopic (exact) mass is 185 g/mol. The summed E-state index contributed by atoms with van der Waals surface area (Å²) in [5.74, 6) is -0.334. The van der Waals surface area contributed by atoms with Crippen LogP contribution in [-0.4, -0.2) is 25.0 Å². The molecule has 0 aromatic heterocycles. The Bertz CT molecular complexity index is 176. The minimum atomic E-state index is -0.334. The van der Waals surface area contributed by atoms with E-state index in [0.717, 1.165) is 25.7 Å². The molecule has 74 valence electrons. The molecular formula is C9H15NO3. The quantitative estimate of drug-likeness (QED) is 0.515. The highest BCUT2D eigenvalue weighted by molar-refractivity contribution is 5.74. The van der Waals surface area contributed by atoms with Crippen LogP contribution in [0.5, 0.6) is 0 Å². The van der Waals surface area contributed by atoms with Crippen molar-refractivity contribution >= 4 is 12.4 Å². The molecule has 0 unspecified atom stereocenters. The molecule has 4 nitrogen and oxygen atoms in total. The van der Waals surface area contributed by atoms with Crippen LogP contribution in [0.4, 0.5) is 0 Å². The largest absolute Gasteiger partial charge is 0.461 e. The molecule has 1 amide bonds. The van der Waals surface area contributed by atoms with E-state index in [1.54, 1.807) is 0 Å². The van der Waals surface area contributed by atoms with E-state index in [2.05, 4.69) is 5.32 Å². The van der Waals surface area contributed by atoms with Gasteiger partial charge in [0.2, 0.25) is 6.41 Å². The molecule has 1 fully saturated rings. The normalized spacial score (nSPS) is 17.8. The Morgan fingerprint density at radius 3 is 2.69 bits per heavy atom. The van der Waals surface area contributed by atoms with Crippen molar-refractivity contribution in [2.75, 3.05) is 6.54 Å². The number of rotatable bonds is 4. The van der Waals surface area contributed by atoms with Gasteiger partial charge >= 0.3 is 5.97 Å². The van der Waals surface area contributed by atoms with E-state index in [1.807, 2.05) is 0 Å². The molecule has 0 spiro atoms. The van der Waals surface area contributed by atoms with Gasteiger partial charge in [-0.1, -0.05) is 6.42 Å². The number of amides is 1. The average molecular weight is 185 g/mol. The maximum Gasteiger partial charge on any atom is 0.325 e. The Kier molecular flexibility index (Phi) is 4.29. The molecule has 1 saturated carbocycles. The SMILES string of the molecule is O=CNCC(=O)OC1CCCCC1. The summed E-state index contributed by atoms with van der Waals surface area (Å²) in [6.07, 6.45) is 6.02. The standard InChI is InChI=1S/C9H15NO3/c11-7-10-6-9(12)13-8-4-2-1-3-5-8/h7-8H,1-6H2,(H,10,11). The second-order valence-corrected chi connectivity index (χ2v) is 3.25. The Labute approximate surface area is 77.6 Å². The summed E-state index contributed by atoms with van der Waals surface area (Å²) in [6.45, 7) is -0.0139. The number of esters is 1. The van der Waals surface area contributed by atoms with Crippen molar-refractivity contribution in [2.24, 2.45) is 0 Å². The molecule has 0 aliphatic heterocycles. The Balaban J connectivity index is 2.14. The molecule has 0 aromatic rings. The van der Waals surface area contributed by atoms with Gasteiger partial charge < -0.3 is 10.1 Å². The van der Waals surface area contributed by atoms with E-state index < -0.39 is 0 Å². The number of carbonyl (C=O) groups excluding carboxylic acids is 2. The summed E-state index contributed by atoms with van der Waals surface area (Å²) < 4.78 is 5.13. The summed E-state index contributed by atoms with van der Waals surface area (Å²) in [5, 5.41) is 2.28. The van der Waals surface area contributed by atoms with Gasteiger partial charge in [0.05, 0.1) is 0 Å². The lowest BCUT2D eigenvalue weighted by atomic mass is 9.98. The molecule has 0 radical (unpaired) electrons. The van der Waals surface area contributed by atoms with Gasteiger partial charge in [0, 0.05) is 0 Å². The summed E-state index contributed by atoms with van der Waals surface area (Å²) in [5.41, 5.74) is 0. The number of hydrogen-bond donors (Lipinski definition) is 1. The molecule has 1 N–H and O–H groups in total. The Morgan fingerprint density at radius 2 is 2.08 bits per heavy atom. The molecule has 1 aliphatic carbocycles. The molecule has 0 saturated heterocycles. The van der Waals surface area contributed by atoms with E-state index >= 15 is 0 Å². The Hall–Kier alpha value is -1.06. The zero-order valence-corrected chi connectivity index (χ0v) is 7.62. The fraction of sp³-hybridized carbons (Fsp3) is 0.778. The van der Waals surface area contributed by atoms with Crippen molar-refractivity contribution in [3.8, 4) is 0 Å². The van der Waals surface area contributed by atoms with Gasteiger partial charge in [-0.2, -0.15) is 0 Å². The summed E-state index contributed by atoms with van der Waals surface area (Å²) in [6, 6.07) is 0. The van der Waals surface area contributed by atoms with Gasteiger partial charge in [0.1, 0.15) is 12.6 Å². The number of ether oxygens (including phenoxy) is 1. The first-order valence-electron chi connectivity index (χ1n) is 4.69. The molecule has 13 heavy (non-hydrogen) atoms. The average Bonchev–Trinajstić information content (AvgIpc) is 2.16. The molecule has 0 heterocycles. The van der Waals surface area contributed by atoms with Crippen LogP contribution in [0.15, 0.2) is 0 Å². The van der Waals surface area contributed by atoms with Crippen molar-refractivity contribution in [1.29, 1.82) is 0 Å². The van der Waals surface area contributed by atoms with Crippen LogP contribution in [-0.2, 0) is 14.3 Å². The Morgan fingerprint density at radius 1 is 1.38 bits per heavy atom. The van der Waals surface area contributed by atoms with E-state index in [9.17, 15) is 9.59 Å². The minimum absolute atomic E-state index is 0.0139. The first-order valence-corrected chi connectivity index (χ1v) is 4.69. The van der Waals surface area contributed by atoms with Crippen LogP contribution in [0.2, 0.25) is 0 Å². The van der Waals surface area contributed by atoms with Crippen LogP contribution in [0, 0.1) is 0 Å². The maximum atomic E-state index is 11.0. The van der Waals surface area contributed by atoms with Gasteiger partial charge in [-0.15, -0.1) is 0 Å². The van der Waals surface area contributed by atoms with Crippen molar-refractivity contribution in [1.82, 2.24) is 5.32 Å². The van der Waals surface area contributed by atoms with Crippen molar-refractivity contribution in [3.63, 3.8) is 0 Å². The third kappa shape index (κ3) is 3.92. The zero-order chi connectivity index (χ0) is 9.52. The number of nitrogens with one attached hydrogen (secondary N) is 1. The molecule has 1 aliphatic rings. The highest BCUT2D eigenvalue weighted by Crippen LogP contribution is 2.20. The number of carbonyl (C=O) groups is 2. The van der Waals surface area contributed by atoms with Crippen molar-refractivity contribution < 1.29 is 14.3 Å². The third-order valence-electron chi connectivity index (χ3n) is 2.18. The van der Waals surface area contributed by atoms with Gasteiger partial charge in [-0.05, 0) is 25.7 Å². The molecule has 0 aromatic carbocycles. The molecular weight excluding hydrogens is 170 g/mol. The smallest absolute Gasteiger partial charge is 0.325 e. The maximum absolute atomic E-state index is 11.0. The topological polar surface area (TPSA) is 55.4 Å².